The summed E-state index contributed by atoms with van der Waals surface area (Å²) in [6.45, 7) is 1.89. The Morgan fingerprint density at radius 3 is 2.79 bits per heavy atom. The molecule has 4 nitrogen and oxygen atoms in total. The molecule has 0 saturated carbocycles. The molecule has 4 heteroatoms. The zero-order chi connectivity index (χ0) is 13.4. The normalized spacial score (nSPS) is 10.8. The third-order valence-electron chi connectivity index (χ3n) is 3.11. The number of ketones is 1. The number of para-hydroxylation sites is 1. The number of benzene rings is 1. The maximum absolute atomic E-state index is 12.6. The van der Waals surface area contributed by atoms with Crippen molar-refractivity contribution in [2.75, 3.05) is 0 Å². The molecule has 0 aliphatic carbocycles. The summed E-state index contributed by atoms with van der Waals surface area (Å²) in [5, 5.41) is 0.862. The van der Waals surface area contributed by atoms with Crippen LogP contribution in [0.4, 0.5) is 0 Å². The van der Waals surface area contributed by atoms with Crippen molar-refractivity contribution in [1.82, 2.24) is 14.5 Å². The average molecular weight is 251 g/mol. The fourth-order valence-corrected chi connectivity index (χ4v) is 2.20. The van der Waals surface area contributed by atoms with Crippen molar-refractivity contribution in [2.24, 2.45) is 7.05 Å². The molecule has 3 rings (SSSR count). The minimum Gasteiger partial charge on any atom is -0.331 e. The minimum atomic E-state index is -0.0748. The van der Waals surface area contributed by atoms with Gasteiger partial charge in [0.1, 0.15) is 0 Å². The molecular formula is C15H13N3O. The SMILES string of the molecule is Cc1cc(C(=O)c2nccn2C)c2ccccc2n1. The van der Waals surface area contributed by atoms with Crippen LogP contribution in [0, 0.1) is 6.92 Å². The molecule has 0 bridgehead atoms. The highest BCUT2D eigenvalue weighted by Crippen LogP contribution is 2.20. The van der Waals surface area contributed by atoms with E-state index in [1.807, 2.05) is 44.3 Å². The van der Waals surface area contributed by atoms with Gasteiger partial charge in [-0.15, -0.1) is 0 Å². The van der Waals surface area contributed by atoms with Gasteiger partial charge in [0.05, 0.1) is 5.52 Å². The van der Waals surface area contributed by atoms with Crippen LogP contribution in [0.3, 0.4) is 0 Å². The monoisotopic (exact) mass is 251 g/mol. The van der Waals surface area contributed by atoms with E-state index in [0.29, 0.717) is 11.4 Å². The van der Waals surface area contributed by atoms with E-state index in [0.717, 1.165) is 16.6 Å². The van der Waals surface area contributed by atoms with E-state index < -0.39 is 0 Å². The molecule has 0 saturated heterocycles. The topological polar surface area (TPSA) is 47.8 Å². The average Bonchev–Trinajstić information content (AvgIpc) is 2.83. The van der Waals surface area contributed by atoms with E-state index in [1.165, 1.54) is 0 Å². The number of hydrogen-bond donors (Lipinski definition) is 0. The molecule has 0 amide bonds. The Morgan fingerprint density at radius 2 is 2.05 bits per heavy atom. The molecule has 0 N–H and O–H groups in total. The molecule has 0 fully saturated rings. The van der Waals surface area contributed by atoms with Gasteiger partial charge >= 0.3 is 0 Å². The Hall–Kier alpha value is -2.49. The maximum atomic E-state index is 12.6. The van der Waals surface area contributed by atoms with E-state index in [1.54, 1.807) is 17.0 Å². The van der Waals surface area contributed by atoms with Crippen LogP contribution in [0.5, 0.6) is 0 Å². The van der Waals surface area contributed by atoms with Gasteiger partial charge in [0.25, 0.3) is 0 Å². The van der Waals surface area contributed by atoms with Crippen molar-refractivity contribution in [3.05, 3.63) is 59.8 Å². The molecule has 0 spiro atoms. The predicted octanol–water partition coefficient (Wildman–Crippen LogP) is 2.51. The van der Waals surface area contributed by atoms with Crippen LogP contribution in [-0.4, -0.2) is 20.3 Å². The Morgan fingerprint density at radius 1 is 1.26 bits per heavy atom. The van der Waals surface area contributed by atoms with Crippen molar-refractivity contribution >= 4 is 16.7 Å². The predicted molar refractivity (Wildman–Crippen MR) is 73.1 cm³/mol. The van der Waals surface area contributed by atoms with E-state index in [2.05, 4.69) is 9.97 Å². The molecule has 3 aromatic rings. The Labute approximate surface area is 110 Å². The summed E-state index contributed by atoms with van der Waals surface area (Å²) in [6, 6.07) is 9.48. The molecule has 1 aromatic carbocycles. The first-order valence-electron chi connectivity index (χ1n) is 6.05. The third-order valence-corrected chi connectivity index (χ3v) is 3.11. The third kappa shape index (κ3) is 1.91. The van der Waals surface area contributed by atoms with Gasteiger partial charge in [0.15, 0.2) is 5.82 Å². The van der Waals surface area contributed by atoms with Crippen molar-refractivity contribution in [2.45, 2.75) is 6.92 Å². The lowest BCUT2D eigenvalue weighted by atomic mass is 10.0. The maximum Gasteiger partial charge on any atom is 0.229 e. The number of rotatable bonds is 2. The number of imidazole rings is 1. The molecule has 0 aliphatic heterocycles. The Bertz CT molecular complexity index is 774. The summed E-state index contributed by atoms with van der Waals surface area (Å²) in [5.74, 6) is 0.366. The number of carbonyl (C=O) groups is 1. The first-order valence-corrected chi connectivity index (χ1v) is 6.05. The summed E-state index contributed by atoms with van der Waals surface area (Å²) >= 11 is 0. The van der Waals surface area contributed by atoms with Gasteiger partial charge in [0.2, 0.25) is 5.78 Å². The summed E-state index contributed by atoms with van der Waals surface area (Å²) in [6.07, 6.45) is 3.40. The van der Waals surface area contributed by atoms with Crippen LogP contribution in [0.2, 0.25) is 0 Å². The number of fused-ring (bicyclic) bond motifs is 1. The lowest BCUT2D eigenvalue weighted by Gasteiger charge is -2.07. The van der Waals surface area contributed by atoms with Gasteiger partial charge in [-0.3, -0.25) is 9.78 Å². The van der Waals surface area contributed by atoms with E-state index in [-0.39, 0.29) is 5.78 Å². The number of carbonyl (C=O) groups excluding carboxylic acids is 1. The highest BCUT2D eigenvalue weighted by Gasteiger charge is 2.17. The van der Waals surface area contributed by atoms with Crippen molar-refractivity contribution in [3.63, 3.8) is 0 Å². The molecule has 19 heavy (non-hydrogen) atoms. The second-order valence-electron chi connectivity index (χ2n) is 4.52. The molecule has 0 aliphatic rings. The first kappa shape index (κ1) is 11.6. The summed E-state index contributed by atoms with van der Waals surface area (Å²) < 4.78 is 1.73. The number of aromatic nitrogens is 3. The molecule has 0 radical (unpaired) electrons. The number of aryl methyl sites for hydroxylation is 2. The van der Waals surface area contributed by atoms with Gasteiger partial charge in [-0.2, -0.15) is 0 Å². The van der Waals surface area contributed by atoms with E-state index in [4.69, 9.17) is 0 Å². The molecular weight excluding hydrogens is 238 g/mol. The number of nitrogens with zero attached hydrogens (tertiary/aromatic N) is 3. The molecule has 0 unspecified atom stereocenters. The second-order valence-corrected chi connectivity index (χ2v) is 4.52. The summed E-state index contributed by atoms with van der Waals surface area (Å²) in [5.41, 5.74) is 2.31. The quantitative estimate of drug-likeness (QED) is 0.657. The highest BCUT2D eigenvalue weighted by atomic mass is 16.1. The number of pyridine rings is 1. The largest absolute Gasteiger partial charge is 0.331 e. The van der Waals surface area contributed by atoms with Gasteiger partial charge in [-0.25, -0.2) is 4.98 Å². The van der Waals surface area contributed by atoms with Crippen LogP contribution in [-0.2, 0) is 7.05 Å². The Balaban J connectivity index is 2.25. The number of hydrogen-bond acceptors (Lipinski definition) is 3. The van der Waals surface area contributed by atoms with Gasteiger partial charge in [-0.05, 0) is 19.1 Å². The zero-order valence-corrected chi connectivity index (χ0v) is 10.8. The van der Waals surface area contributed by atoms with Crippen LogP contribution < -0.4 is 0 Å². The van der Waals surface area contributed by atoms with E-state index in [9.17, 15) is 4.79 Å². The van der Waals surface area contributed by atoms with Gasteiger partial charge in [-0.1, -0.05) is 18.2 Å². The van der Waals surface area contributed by atoms with Crippen LogP contribution >= 0.6 is 0 Å². The van der Waals surface area contributed by atoms with Crippen LogP contribution in [0.25, 0.3) is 10.9 Å². The fraction of sp³-hybridized carbons (Fsp3) is 0.133. The van der Waals surface area contributed by atoms with Gasteiger partial charge in [0, 0.05) is 36.1 Å². The standard InChI is InChI=1S/C15H13N3O/c1-10-9-12(11-5-3-4-6-13(11)17-10)14(19)15-16-7-8-18(15)2/h3-9H,1-2H3. The van der Waals surface area contributed by atoms with Crippen molar-refractivity contribution in [1.29, 1.82) is 0 Å². The lowest BCUT2D eigenvalue weighted by Crippen LogP contribution is -2.10. The molecule has 2 heterocycles. The Kier molecular flexibility index (Phi) is 2.63. The second kappa shape index (κ2) is 4.31. The molecule has 0 atom stereocenters. The zero-order valence-electron chi connectivity index (χ0n) is 10.8. The smallest absolute Gasteiger partial charge is 0.229 e. The fourth-order valence-electron chi connectivity index (χ4n) is 2.20. The lowest BCUT2D eigenvalue weighted by molar-refractivity contribution is 0.102. The first-order chi connectivity index (χ1) is 9.16. The summed E-state index contributed by atoms with van der Waals surface area (Å²) in [4.78, 5) is 21.1. The van der Waals surface area contributed by atoms with Crippen molar-refractivity contribution in [3.8, 4) is 0 Å². The van der Waals surface area contributed by atoms with Crippen molar-refractivity contribution < 1.29 is 4.79 Å². The van der Waals surface area contributed by atoms with E-state index >= 15 is 0 Å². The molecule has 94 valence electrons. The van der Waals surface area contributed by atoms with Gasteiger partial charge < -0.3 is 4.57 Å². The van der Waals surface area contributed by atoms with Crippen LogP contribution in [0.15, 0.2) is 42.7 Å². The minimum absolute atomic E-state index is 0.0748. The highest BCUT2D eigenvalue weighted by molar-refractivity contribution is 6.14. The molecule has 2 aromatic heterocycles. The summed E-state index contributed by atoms with van der Waals surface area (Å²) in [7, 11) is 1.82. The van der Waals surface area contributed by atoms with Crippen LogP contribution in [0.1, 0.15) is 21.9 Å².